The van der Waals surface area contributed by atoms with Gasteiger partial charge in [-0.1, -0.05) is 24.1 Å². The lowest BCUT2D eigenvalue weighted by molar-refractivity contribution is 0.0940. The molecule has 10 nitrogen and oxygen atoms in total. The van der Waals surface area contributed by atoms with E-state index in [0.29, 0.717) is 16.9 Å². The minimum Gasteiger partial charge on any atom is -0.445 e. The zero-order valence-corrected chi connectivity index (χ0v) is 17.4. The standard InChI is InChI=1S/C23H17N7O3/c1-3-14-12-33-22-16(14)23(32)30(15-8-5-4-6-9-15)19(27-22)13(2)26-21(31)17-18(24)28-29-11-7-10-25-20(17)29/h1,4-13H,2H3,(H2,24,28)(H,26,31)/t13-/m1/s1. The van der Waals surface area contributed by atoms with Crippen molar-refractivity contribution in [2.75, 3.05) is 5.73 Å². The molecule has 0 aliphatic heterocycles. The largest absolute Gasteiger partial charge is 0.445 e. The third kappa shape index (κ3) is 3.19. The topological polar surface area (TPSA) is 133 Å². The number of furan rings is 1. The summed E-state index contributed by atoms with van der Waals surface area (Å²) in [6, 6.07) is 9.90. The Labute approximate surface area is 186 Å². The third-order valence-corrected chi connectivity index (χ3v) is 5.19. The van der Waals surface area contributed by atoms with Crippen LogP contribution in [0.1, 0.15) is 34.7 Å². The zero-order chi connectivity index (χ0) is 23.1. The summed E-state index contributed by atoms with van der Waals surface area (Å²) in [6.45, 7) is 1.70. The van der Waals surface area contributed by atoms with E-state index < -0.39 is 17.5 Å². The number of anilines is 1. The Morgan fingerprint density at radius 2 is 2.06 bits per heavy atom. The molecule has 1 atom stereocenters. The Morgan fingerprint density at radius 1 is 1.27 bits per heavy atom. The highest BCUT2D eigenvalue weighted by Crippen LogP contribution is 2.22. The molecule has 1 aromatic carbocycles. The van der Waals surface area contributed by atoms with E-state index in [1.165, 1.54) is 15.3 Å². The molecule has 0 saturated carbocycles. The van der Waals surface area contributed by atoms with Crippen LogP contribution in [-0.2, 0) is 0 Å². The van der Waals surface area contributed by atoms with Gasteiger partial charge in [0.05, 0.1) is 17.3 Å². The fourth-order valence-electron chi connectivity index (χ4n) is 3.68. The fourth-order valence-corrected chi connectivity index (χ4v) is 3.68. The van der Waals surface area contributed by atoms with Crippen molar-refractivity contribution in [2.45, 2.75) is 13.0 Å². The van der Waals surface area contributed by atoms with Gasteiger partial charge in [-0.25, -0.2) is 9.50 Å². The second kappa shape index (κ2) is 7.65. The molecular formula is C23H17N7O3. The molecule has 0 bridgehead atoms. The van der Waals surface area contributed by atoms with Gasteiger partial charge in [0.1, 0.15) is 23.0 Å². The van der Waals surface area contributed by atoms with Gasteiger partial charge in [-0.2, -0.15) is 4.98 Å². The van der Waals surface area contributed by atoms with Crippen LogP contribution in [-0.4, -0.2) is 30.1 Å². The summed E-state index contributed by atoms with van der Waals surface area (Å²) >= 11 is 0. The number of nitrogens with one attached hydrogen (secondary N) is 1. The van der Waals surface area contributed by atoms with Gasteiger partial charge in [-0.3, -0.25) is 14.2 Å². The maximum absolute atomic E-state index is 13.4. The molecule has 0 aliphatic rings. The molecular weight excluding hydrogens is 422 g/mol. The lowest BCUT2D eigenvalue weighted by Crippen LogP contribution is -2.33. The van der Waals surface area contributed by atoms with E-state index in [-0.39, 0.29) is 28.3 Å². The first-order valence-electron chi connectivity index (χ1n) is 9.95. The number of nitrogen functional groups attached to an aromatic ring is 1. The molecule has 5 aromatic rings. The van der Waals surface area contributed by atoms with Crippen LogP contribution in [0.3, 0.4) is 0 Å². The summed E-state index contributed by atoms with van der Waals surface area (Å²) in [5, 5.41) is 7.15. The summed E-state index contributed by atoms with van der Waals surface area (Å²) in [6.07, 6.45) is 10.0. The lowest BCUT2D eigenvalue weighted by Gasteiger charge is -2.18. The van der Waals surface area contributed by atoms with E-state index in [2.05, 4.69) is 26.3 Å². The number of carbonyl (C=O) groups is 1. The predicted molar refractivity (Wildman–Crippen MR) is 121 cm³/mol. The van der Waals surface area contributed by atoms with Crippen molar-refractivity contribution in [1.29, 1.82) is 0 Å². The number of terminal acetylenes is 1. The third-order valence-electron chi connectivity index (χ3n) is 5.19. The molecule has 0 fully saturated rings. The molecule has 0 aliphatic carbocycles. The highest BCUT2D eigenvalue weighted by molar-refractivity contribution is 6.04. The van der Waals surface area contributed by atoms with Gasteiger partial charge in [0.15, 0.2) is 11.5 Å². The molecule has 1 amide bonds. The van der Waals surface area contributed by atoms with Gasteiger partial charge in [0.25, 0.3) is 11.5 Å². The molecule has 10 heteroatoms. The van der Waals surface area contributed by atoms with Gasteiger partial charge < -0.3 is 15.5 Å². The molecule has 3 N–H and O–H groups in total. The summed E-state index contributed by atoms with van der Waals surface area (Å²) in [4.78, 5) is 35.3. The number of nitrogens with two attached hydrogens (primary N) is 1. The first-order valence-corrected chi connectivity index (χ1v) is 9.95. The van der Waals surface area contributed by atoms with Crippen LogP contribution in [0.5, 0.6) is 0 Å². The number of rotatable bonds is 4. The number of nitrogens with zero attached hydrogens (tertiary/aromatic N) is 5. The molecule has 0 saturated heterocycles. The molecule has 162 valence electrons. The lowest BCUT2D eigenvalue weighted by atomic mass is 10.2. The minimum atomic E-state index is -0.716. The SMILES string of the molecule is C#Cc1coc2nc([C@@H](C)NC(=O)c3c(N)nn4cccnc34)n(-c3ccccc3)c(=O)c12. The Hall–Kier alpha value is -4.91. The maximum atomic E-state index is 13.4. The first kappa shape index (κ1) is 20.0. The second-order valence-corrected chi connectivity index (χ2v) is 7.26. The van der Waals surface area contributed by atoms with Crippen LogP contribution in [0.2, 0.25) is 0 Å². The van der Waals surface area contributed by atoms with Crippen LogP contribution in [0, 0.1) is 12.3 Å². The Bertz CT molecular complexity index is 1620. The van der Waals surface area contributed by atoms with E-state index in [0.717, 1.165) is 0 Å². The van der Waals surface area contributed by atoms with Crippen molar-refractivity contribution >= 4 is 28.5 Å². The van der Waals surface area contributed by atoms with Gasteiger partial charge in [0, 0.05) is 12.4 Å². The monoisotopic (exact) mass is 439 g/mol. The highest BCUT2D eigenvalue weighted by Gasteiger charge is 2.25. The summed E-state index contributed by atoms with van der Waals surface area (Å²) in [5.74, 6) is 2.23. The Morgan fingerprint density at radius 3 is 2.82 bits per heavy atom. The predicted octanol–water partition coefficient (Wildman–Crippen LogP) is 2.08. The number of hydrogen-bond donors (Lipinski definition) is 2. The molecule has 4 aromatic heterocycles. The zero-order valence-electron chi connectivity index (χ0n) is 17.4. The van der Waals surface area contributed by atoms with Gasteiger partial charge >= 0.3 is 0 Å². The number of aromatic nitrogens is 5. The van der Waals surface area contributed by atoms with Gasteiger partial charge in [-0.15, -0.1) is 11.5 Å². The molecule has 33 heavy (non-hydrogen) atoms. The van der Waals surface area contributed by atoms with E-state index in [9.17, 15) is 9.59 Å². The number of amides is 1. The summed E-state index contributed by atoms with van der Waals surface area (Å²) in [5.41, 5.74) is 6.97. The molecule has 0 spiro atoms. The van der Waals surface area contributed by atoms with Crippen molar-refractivity contribution in [3.8, 4) is 18.0 Å². The smallest absolute Gasteiger partial charge is 0.270 e. The first-order chi connectivity index (χ1) is 16.0. The summed E-state index contributed by atoms with van der Waals surface area (Å²) < 4.78 is 8.26. The van der Waals surface area contributed by atoms with E-state index >= 15 is 0 Å². The molecule has 4 heterocycles. The second-order valence-electron chi connectivity index (χ2n) is 7.26. The van der Waals surface area contributed by atoms with Crippen LogP contribution < -0.4 is 16.6 Å². The van der Waals surface area contributed by atoms with Crippen molar-refractivity contribution in [3.63, 3.8) is 0 Å². The average molecular weight is 439 g/mol. The molecule has 0 unspecified atom stereocenters. The van der Waals surface area contributed by atoms with Gasteiger partial charge in [0.2, 0.25) is 5.71 Å². The maximum Gasteiger partial charge on any atom is 0.270 e. The van der Waals surface area contributed by atoms with Crippen LogP contribution in [0.25, 0.3) is 22.4 Å². The molecule has 5 rings (SSSR count). The number of benzene rings is 1. The van der Waals surface area contributed by atoms with Crippen molar-refractivity contribution in [1.82, 2.24) is 29.5 Å². The number of para-hydroxylation sites is 1. The normalized spacial score (nSPS) is 12.0. The number of hydrogen-bond acceptors (Lipinski definition) is 7. The number of carbonyl (C=O) groups excluding carboxylic acids is 1. The van der Waals surface area contributed by atoms with Crippen LogP contribution in [0.15, 0.2) is 64.3 Å². The van der Waals surface area contributed by atoms with Crippen molar-refractivity contribution < 1.29 is 9.21 Å². The van der Waals surface area contributed by atoms with E-state index in [1.807, 2.05) is 6.07 Å². The average Bonchev–Trinajstić information content (AvgIpc) is 3.39. The number of fused-ring (bicyclic) bond motifs is 2. The summed E-state index contributed by atoms with van der Waals surface area (Å²) in [7, 11) is 0. The molecule has 0 radical (unpaired) electrons. The van der Waals surface area contributed by atoms with Crippen LogP contribution in [0.4, 0.5) is 5.82 Å². The quantitative estimate of drug-likeness (QED) is 0.410. The minimum absolute atomic E-state index is 0.0342. The van der Waals surface area contributed by atoms with Gasteiger partial charge in [-0.05, 0) is 25.1 Å². The Kier molecular flexibility index (Phi) is 4.64. The van der Waals surface area contributed by atoms with Crippen molar-refractivity contribution in [2.24, 2.45) is 0 Å². The fraction of sp³-hybridized carbons (Fsp3) is 0.0870. The van der Waals surface area contributed by atoms with E-state index in [4.69, 9.17) is 16.6 Å². The van der Waals surface area contributed by atoms with Crippen LogP contribution >= 0.6 is 0 Å². The highest BCUT2D eigenvalue weighted by atomic mass is 16.3. The van der Waals surface area contributed by atoms with E-state index in [1.54, 1.807) is 49.6 Å². The Balaban J connectivity index is 1.63. The van der Waals surface area contributed by atoms with Crippen molar-refractivity contribution in [3.05, 3.63) is 82.4 Å².